The fourth-order valence-corrected chi connectivity index (χ4v) is 1.69. The van der Waals surface area contributed by atoms with Crippen LogP contribution < -0.4 is 0 Å². The van der Waals surface area contributed by atoms with E-state index in [9.17, 15) is 14.7 Å². The van der Waals surface area contributed by atoms with Crippen LogP contribution in [-0.2, 0) is 15.0 Å². The normalized spacial score (nSPS) is 15.3. The third kappa shape index (κ3) is 2.54. The number of imidazole rings is 1. The molecule has 0 aliphatic rings. The summed E-state index contributed by atoms with van der Waals surface area (Å²) in [5.74, 6) is -1.02. The van der Waals surface area contributed by atoms with Crippen LogP contribution in [0.2, 0.25) is 0 Å². The molecule has 0 spiro atoms. The Morgan fingerprint density at radius 3 is 2.47 bits per heavy atom. The largest absolute Gasteiger partial charge is 0.480 e. The van der Waals surface area contributed by atoms with Crippen LogP contribution in [-0.4, -0.2) is 26.8 Å². The summed E-state index contributed by atoms with van der Waals surface area (Å²) >= 11 is 0. The molecule has 0 bridgehead atoms. The van der Waals surface area contributed by atoms with Crippen molar-refractivity contribution in [3.63, 3.8) is 0 Å². The number of carbonyl (C=O) groups is 2. The zero-order valence-corrected chi connectivity index (χ0v) is 10.2. The smallest absolute Gasteiger partial charge is 0.317 e. The number of ketones is 1. The maximum absolute atomic E-state index is 11.4. The van der Waals surface area contributed by atoms with Gasteiger partial charge in [0.1, 0.15) is 17.0 Å². The number of nitrogens with one attached hydrogen (secondary N) is 1. The van der Waals surface area contributed by atoms with Crippen LogP contribution in [0.5, 0.6) is 0 Å². The zero-order chi connectivity index (χ0) is 13.3. The number of carboxylic acid groups (broad SMARTS) is 1. The number of aromatic nitrogens is 2. The van der Waals surface area contributed by atoms with Gasteiger partial charge in [0.25, 0.3) is 0 Å². The molecule has 0 fully saturated rings. The minimum absolute atomic E-state index is 0.0157. The van der Waals surface area contributed by atoms with Gasteiger partial charge < -0.3 is 10.1 Å². The second-order valence-corrected chi connectivity index (χ2v) is 4.73. The highest BCUT2D eigenvalue weighted by Crippen LogP contribution is 2.35. The zero-order valence-electron chi connectivity index (χ0n) is 10.2. The van der Waals surface area contributed by atoms with E-state index in [2.05, 4.69) is 9.97 Å². The van der Waals surface area contributed by atoms with Gasteiger partial charge >= 0.3 is 5.97 Å². The Hall–Kier alpha value is -1.65. The molecule has 1 aromatic rings. The van der Waals surface area contributed by atoms with Crippen LogP contribution in [0.15, 0.2) is 12.4 Å². The molecule has 92 valence electrons. The number of carbonyl (C=O) groups excluding carboxylic acids is 1. The predicted octanol–water partition coefficient (Wildman–Crippen LogP) is 1.45. The third-order valence-electron chi connectivity index (χ3n) is 3.02. The average Bonchev–Trinajstić information content (AvgIpc) is 2.69. The van der Waals surface area contributed by atoms with Crippen LogP contribution in [0.25, 0.3) is 0 Å². The summed E-state index contributed by atoms with van der Waals surface area (Å²) in [7, 11) is 0. The Kier molecular flexibility index (Phi) is 3.40. The summed E-state index contributed by atoms with van der Waals surface area (Å²) in [6, 6.07) is 0. The van der Waals surface area contributed by atoms with Gasteiger partial charge in [0.05, 0.1) is 0 Å². The molecule has 2 N–H and O–H groups in total. The lowest BCUT2D eigenvalue weighted by Gasteiger charge is -2.31. The quantitative estimate of drug-likeness (QED) is 0.810. The summed E-state index contributed by atoms with van der Waals surface area (Å²) in [6.45, 7) is 10.2. The van der Waals surface area contributed by atoms with Crippen molar-refractivity contribution in [2.75, 3.05) is 0 Å². The molecular formula is C12H16N2O3. The summed E-state index contributed by atoms with van der Waals surface area (Å²) < 4.78 is 0. The van der Waals surface area contributed by atoms with Gasteiger partial charge in [-0.15, -0.1) is 0 Å². The lowest BCUT2D eigenvalue weighted by atomic mass is 9.71. The molecule has 17 heavy (non-hydrogen) atoms. The lowest BCUT2D eigenvalue weighted by molar-refractivity contribution is -0.145. The topological polar surface area (TPSA) is 83.0 Å². The molecule has 0 aromatic carbocycles. The van der Waals surface area contributed by atoms with Gasteiger partial charge in [0.15, 0.2) is 0 Å². The summed E-state index contributed by atoms with van der Waals surface area (Å²) in [4.78, 5) is 29.5. The van der Waals surface area contributed by atoms with Crippen LogP contribution in [0.1, 0.15) is 33.0 Å². The highest BCUT2D eigenvalue weighted by atomic mass is 16.4. The molecule has 0 aliphatic heterocycles. The summed E-state index contributed by atoms with van der Waals surface area (Å²) in [6.07, 6.45) is 2.99. The van der Waals surface area contributed by atoms with Gasteiger partial charge in [-0.2, -0.15) is 0 Å². The van der Waals surface area contributed by atoms with Crippen molar-refractivity contribution in [1.29, 1.82) is 0 Å². The fourth-order valence-electron chi connectivity index (χ4n) is 1.69. The van der Waals surface area contributed by atoms with Gasteiger partial charge in [0.2, 0.25) is 0 Å². The minimum Gasteiger partial charge on any atom is -0.480 e. The number of Topliss-reactive ketones (excluding diaryl/α,β-unsaturated/α-hetero) is 1. The van der Waals surface area contributed by atoms with Crippen LogP contribution in [0.4, 0.5) is 0 Å². The number of aliphatic carboxylic acids is 1. The van der Waals surface area contributed by atoms with E-state index in [4.69, 9.17) is 6.92 Å². The van der Waals surface area contributed by atoms with Crippen LogP contribution in [0.3, 0.4) is 0 Å². The molecule has 1 aromatic heterocycles. The SMILES string of the molecule is [CH]C(C)(CC(C)(C(=O)O)c1ncc[nH]1)C(C)=O. The first-order valence-electron chi connectivity index (χ1n) is 5.23. The van der Waals surface area contributed by atoms with Crippen molar-refractivity contribution >= 4 is 11.8 Å². The van der Waals surface area contributed by atoms with E-state index < -0.39 is 16.8 Å². The molecule has 0 saturated carbocycles. The average molecular weight is 236 g/mol. The lowest BCUT2D eigenvalue weighted by Crippen LogP contribution is -2.40. The first-order chi connectivity index (χ1) is 7.70. The molecule has 0 amide bonds. The molecule has 1 heterocycles. The van der Waals surface area contributed by atoms with Crippen molar-refractivity contribution < 1.29 is 14.7 Å². The van der Waals surface area contributed by atoms with E-state index in [1.807, 2.05) is 0 Å². The Bertz CT molecular complexity index is 423. The molecule has 5 nitrogen and oxygen atoms in total. The molecular weight excluding hydrogens is 220 g/mol. The molecule has 2 radical (unpaired) electrons. The van der Waals surface area contributed by atoms with Gasteiger partial charge in [0, 0.05) is 17.8 Å². The number of nitrogens with zero attached hydrogens (tertiary/aromatic N) is 1. The number of aromatic amines is 1. The molecule has 0 aliphatic carbocycles. The second kappa shape index (κ2) is 4.31. The van der Waals surface area contributed by atoms with Crippen LogP contribution in [0, 0.1) is 12.3 Å². The number of carboxylic acids is 1. The van der Waals surface area contributed by atoms with Crippen molar-refractivity contribution in [3.8, 4) is 0 Å². The molecule has 2 unspecified atom stereocenters. The third-order valence-corrected chi connectivity index (χ3v) is 3.02. The maximum atomic E-state index is 11.4. The van der Waals surface area contributed by atoms with Gasteiger partial charge in [-0.25, -0.2) is 4.98 Å². The fraction of sp³-hybridized carbons (Fsp3) is 0.500. The van der Waals surface area contributed by atoms with Crippen molar-refractivity contribution in [2.45, 2.75) is 32.6 Å². The van der Waals surface area contributed by atoms with E-state index in [1.54, 1.807) is 0 Å². The van der Waals surface area contributed by atoms with Gasteiger partial charge in [-0.3, -0.25) is 9.59 Å². The highest BCUT2D eigenvalue weighted by Gasteiger charge is 2.44. The number of hydrogen-bond donors (Lipinski definition) is 2. The first-order valence-corrected chi connectivity index (χ1v) is 5.23. The Morgan fingerprint density at radius 2 is 2.12 bits per heavy atom. The minimum atomic E-state index is -1.31. The Labute approximate surface area is 100 Å². The monoisotopic (exact) mass is 236 g/mol. The Balaban J connectivity index is 3.12. The van der Waals surface area contributed by atoms with E-state index in [0.717, 1.165) is 0 Å². The number of rotatable bonds is 5. The second-order valence-electron chi connectivity index (χ2n) is 4.73. The predicted molar refractivity (Wildman–Crippen MR) is 61.3 cm³/mol. The van der Waals surface area contributed by atoms with Crippen molar-refractivity contribution in [2.24, 2.45) is 5.41 Å². The standard InChI is InChI=1S/C12H16N2O3/c1-8(15)11(2,3)7-12(4,10(16)17)9-13-5-6-14-9/h2,5-6H,7H2,1,3-4H3,(H,13,14)(H,16,17). The highest BCUT2D eigenvalue weighted by molar-refractivity contribution is 5.85. The van der Waals surface area contributed by atoms with Crippen LogP contribution >= 0.6 is 0 Å². The molecule has 0 saturated heterocycles. The number of H-pyrrole nitrogens is 1. The molecule has 5 heteroatoms. The molecule has 1 rings (SSSR count). The van der Waals surface area contributed by atoms with E-state index in [-0.39, 0.29) is 12.2 Å². The van der Waals surface area contributed by atoms with Crippen molar-refractivity contribution in [3.05, 3.63) is 25.1 Å². The van der Waals surface area contributed by atoms with E-state index in [0.29, 0.717) is 5.82 Å². The van der Waals surface area contributed by atoms with Crippen molar-refractivity contribution in [1.82, 2.24) is 9.97 Å². The summed E-state index contributed by atoms with van der Waals surface area (Å²) in [5.41, 5.74) is -2.50. The molecule has 2 atom stereocenters. The van der Waals surface area contributed by atoms with Gasteiger partial charge in [-0.05, 0) is 27.2 Å². The number of hydrogen-bond acceptors (Lipinski definition) is 3. The first kappa shape index (κ1) is 13.4. The van der Waals surface area contributed by atoms with Gasteiger partial charge in [-0.1, -0.05) is 6.92 Å². The van der Waals surface area contributed by atoms with E-state index in [1.165, 1.54) is 33.2 Å². The van der Waals surface area contributed by atoms with E-state index >= 15 is 0 Å². The Morgan fingerprint density at radius 1 is 1.53 bits per heavy atom. The maximum Gasteiger partial charge on any atom is 0.317 e. The summed E-state index contributed by atoms with van der Waals surface area (Å²) in [5, 5.41) is 9.32.